The van der Waals surface area contributed by atoms with Crippen molar-refractivity contribution in [2.45, 2.75) is 19.8 Å². The van der Waals surface area contributed by atoms with Crippen LogP contribution in [0.2, 0.25) is 0 Å². The fourth-order valence-corrected chi connectivity index (χ4v) is 1.86. The molecule has 21 heavy (non-hydrogen) atoms. The van der Waals surface area contributed by atoms with Crippen LogP contribution < -0.4 is 4.74 Å². The summed E-state index contributed by atoms with van der Waals surface area (Å²) in [5.74, 6) is 0.823. The summed E-state index contributed by atoms with van der Waals surface area (Å²) in [7, 11) is 0. The highest BCUT2D eigenvalue weighted by atomic mass is 16.5. The van der Waals surface area contributed by atoms with Crippen molar-refractivity contribution in [1.29, 1.82) is 5.26 Å². The number of benzene rings is 2. The average molecular weight is 278 g/mol. The van der Waals surface area contributed by atoms with E-state index in [0.717, 1.165) is 24.2 Å². The number of para-hydroxylation sites is 2. The smallest absolute Gasteiger partial charge is 0.128 e. The average Bonchev–Trinajstić information content (AvgIpc) is 2.54. The Balaban J connectivity index is 2.19. The highest BCUT2D eigenvalue weighted by Gasteiger charge is 2.01. The maximum atomic E-state index is 9.06. The van der Waals surface area contributed by atoms with Gasteiger partial charge in [0.05, 0.1) is 17.9 Å². The summed E-state index contributed by atoms with van der Waals surface area (Å²) in [4.78, 5) is 4.41. The minimum absolute atomic E-state index is 0.568. The molecule has 0 bridgehead atoms. The topological polar surface area (TPSA) is 45.4 Å². The molecule has 0 saturated carbocycles. The molecule has 0 aliphatic carbocycles. The Kier molecular flexibility index (Phi) is 5.54. The zero-order chi connectivity index (χ0) is 14.9. The summed E-state index contributed by atoms with van der Waals surface area (Å²) < 4.78 is 5.77. The van der Waals surface area contributed by atoms with Gasteiger partial charge in [-0.05, 0) is 30.7 Å². The molecular formula is C18H18N2O. The number of hydrogen-bond donors (Lipinski definition) is 0. The van der Waals surface area contributed by atoms with Crippen LogP contribution in [0.4, 0.5) is 5.69 Å². The summed E-state index contributed by atoms with van der Waals surface area (Å²) in [6, 6.07) is 17.2. The third-order valence-corrected chi connectivity index (χ3v) is 3.04. The van der Waals surface area contributed by atoms with Crippen molar-refractivity contribution in [2.75, 3.05) is 6.61 Å². The zero-order valence-corrected chi connectivity index (χ0v) is 12.1. The maximum Gasteiger partial charge on any atom is 0.128 e. The molecular weight excluding hydrogens is 260 g/mol. The van der Waals surface area contributed by atoms with Gasteiger partial charge < -0.3 is 4.74 Å². The van der Waals surface area contributed by atoms with Crippen molar-refractivity contribution in [1.82, 2.24) is 0 Å². The third-order valence-electron chi connectivity index (χ3n) is 3.04. The first-order valence-electron chi connectivity index (χ1n) is 7.10. The van der Waals surface area contributed by atoms with E-state index in [2.05, 4.69) is 18.0 Å². The Morgan fingerprint density at radius 1 is 1.14 bits per heavy atom. The molecule has 3 heteroatoms. The second-order valence-electron chi connectivity index (χ2n) is 4.63. The lowest BCUT2D eigenvalue weighted by molar-refractivity contribution is 0.309. The Morgan fingerprint density at radius 3 is 2.71 bits per heavy atom. The van der Waals surface area contributed by atoms with Crippen LogP contribution in [0.15, 0.2) is 53.5 Å². The summed E-state index contributed by atoms with van der Waals surface area (Å²) >= 11 is 0. The number of hydrogen-bond acceptors (Lipinski definition) is 3. The van der Waals surface area contributed by atoms with Crippen LogP contribution in [0, 0.1) is 11.3 Å². The lowest BCUT2D eigenvalue weighted by Crippen LogP contribution is -1.99. The standard InChI is InChI=1S/C18H18N2O/c1-2-3-12-21-18-11-7-5-9-16(18)14-20-17-10-6-4-8-15(17)13-19/h4-11,14H,2-3,12H2,1H3. The van der Waals surface area contributed by atoms with Crippen molar-refractivity contribution in [3.8, 4) is 11.8 Å². The number of ether oxygens (including phenoxy) is 1. The Hall–Kier alpha value is -2.60. The molecule has 0 fully saturated rings. The van der Waals surface area contributed by atoms with Gasteiger partial charge in [-0.25, -0.2) is 0 Å². The Bertz CT molecular complexity index is 656. The summed E-state index contributed by atoms with van der Waals surface area (Å²) in [6.07, 6.45) is 3.88. The predicted octanol–water partition coefficient (Wildman–Crippen LogP) is 4.49. The number of nitriles is 1. The normalized spacial score (nSPS) is 10.5. The zero-order valence-electron chi connectivity index (χ0n) is 12.1. The molecule has 0 aliphatic heterocycles. The van der Waals surface area contributed by atoms with Crippen LogP contribution in [0.5, 0.6) is 5.75 Å². The van der Waals surface area contributed by atoms with Gasteiger partial charge in [-0.1, -0.05) is 37.6 Å². The van der Waals surface area contributed by atoms with Gasteiger partial charge >= 0.3 is 0 Å². The first kappa shape index (κ1) is 14.8. The van der Waals surface area contributed by atoms with Crippen LogP contribution in [-0.4, -0.2) is 12.8 Å². The van der Waals surface area contributed by atoms with Crippen LogP contribution in [0.3, 0.4) is 0 Å². The molecule has 0 amide bonds. The van der Waals surface area contributed by atoms with Gasteiger partial charge in [0.2, 0.25) is 0 Å². The summed E-state index contributed by atoms with van der Waals surface area (Å²) in [6.45, 7) is 2.84. The van der Waals surface area contributed by atoms with Crippen molar-refractivity contribution in [3.63, 3.8) is 0 Å². The molecule has 0 heterocycles. The van der Waals surface area contributed by atoms with Crippen molar-refractivity contribution >= 4 is 11.9 Å². The summed E-state index contributed by atoms with van der Waals surface area (Å²) in [5.41, 5.74) is 2.16. The monoisotopic (exact) mass is 278 g/mol. The number of rotatable bonds is 6. The second kappa shape index (κ2) is 7.86. The van der Waals surface area contributed by atoms with Crippen LogP contribution in [0.1, 0.15) is 30.9 Å². The van der Waals surface area contributed by atoms with E-state index in [1.165, 1.54) is 0 Å². The van der Waals surface area contributed by atoms with Crippen molar-refractivity contribution in [3.05, 3.63) is 59.7 Å². The predicted molar refractivity (Wildman–Crippen MR) is 85.3 cm³/mol. The molecule has 0 spiro atoms. The van der Waals surface area contributed by atoms with E-state index in [1.54, 1.807) is 12.3 Å². The minimum Gasteiger partial charge on any atom is -0.493 e. The number of unbranched alkanes of at least 4 members (excludes halogenated alkanes) is 1. The molecule has 2 rings (SSSR count). The van der Waals surface area contributed by atoms with Gasteiger partial charge in [-0.2, -0.15) is 5.26 Å². The van der Waals surface area contributed by atoms with Crippen LogP contribution in [-0.2, 0) is 0 Å². The number of aliphatic imine (C=N–C) groups is 1. The van der Waals surface area contributed by atoms with Gasteiger partial charge in [0.15, 0.2) is 0 Å². The van der Waals surface area contributed by atoms with E-state index in [9.17, 15) is 0 Å². The van der Waals surface area contributed by atoms with Crippen molar-refractivity contribution < 1.29 is 4.74 Å². The molecule has 0 saturated heterocycles. The Labute approximate surface area is 125 Å². The largest absolute Gasteiger partial charge is 0.493 e. The minimum atomic E-state index is 0.568. The lowest BCUT2D eigenvalue weighted by Gasteiger charge is -2.08. The molecule has 2 aromatic rings. The Morgan fingerprint density at radius 2 is 1.90 bits per heavy atom. The molecule has 3 nitrogen and oxygen atoms in total. The van der Waals surface area contributed by atoms with E-state index in [0.29, 0.717) is 17.9 Å². The van der Waals surface area contributed by atoms with E-state index in [-0.39, 0.29) is 0 Å². The SMILES string of the molecule is CCCCOc1ccccc1C=Nc1ccccc1C#N. The number of nitrogens with zero attached hydrogens (tertiary/aromatic N) is 2. The highest BCUT2D eigenvalue weighted by Crippen LogP contribution is 2.20. The van der Waals surface area contributed by atoms with E-state index in [1.807, 2.05) is 42.5 Å². The molecule has 0 atom stereocenters. The van der Waals surface area contributed by atoms with Gasteiger partial charge in [-0.3, -0.25) is 4.99 Å². The maximum absolute atomic E-state index is 9.06. The molecule has 106 valence electrons. The van der Waals surface area contributed by atoms with E-state index in [4.69, 9.17) is 10.00 Å². The molecule has 0 N–H and O–H groups in total. The van der Waals surface area contributed by atoms with Crippen LogP contribution >= 0.6 is 0 Å². The second-order valence-corrected chi connectivity index (χ2v) is 4.63. The van der Waals surface area contributed by atoms with E-state index < -0.39 is 0 Å². The van der Waals surface area contributed by atoms with E-state index >= 15 is 0 Å². The molecule has 0 aromatic heterocycles. The van der Waals surface area contributed by atoms with Gasteiger partial charge in [0.1, 0.15) is 11.8 Å². The first-order valence-corrected chi connectivity index (χ1v) is 7.10. The van der Waals surface area contributed by atoms with Gasteiger partial charge in [0, 0.05) is 11.8 Å². The molecule has 0 unspecified atom stereocenters. The molecule has 0 radical (unpaired) electrons. The third kappa shape index (κ3) is 4.19. The van der Waals surface area contributed by atoms with Crippen molar-refractivity contribution in [2.24, 2.45) is 4.99 Å². The van der Waals surface area contributed by atoms with Gasteiger partial charge in [0.25, 0.3) is 0 Å². The van der Waals surface area contributed by atoms with Crippen LogP contribution in [0.25, 0.3) is 0 Å². The van der Waals surface area contributed by atoms with Gasteiger partial charge in [-0.15, -0.1) is 0 Å². The first-order chi connectivity index (χ1) is 10.3. The quantitative estimate of drug-likeness (QED) is 0.577. The molecule has 0 aliphatic rings. The fraction of sp³-hybridized carbons (Fsp3) is 0.222. The fourth-order valence-electron chi connectivity index (χ4n) is 1.86. The summed E-state index contributed by atoms with van der Waals surface area (Å²) in [5, 5.41) is 9.06. The lowest BCUT2D eigenvalue weighted by atomic mass is 10.2. The molecule has 2 aromatic carbocycles. The highest BCUT2D eigenvalue weighted by molar-refractivity contribution is 5.86.